The van der Waals surface area contributed by atoms with Crippen molar-refractivity contribution in [3.05, 3.63) is 34.6 Å². The predicted octanol–water partition coefficient (Wildman–Crippen LogP) is 1.79. The zero-order valence-electron chi connectivity index (χ0n) is 11.5. The molecule has 0 spiro atoms. The van der Waals surface area contributed by atoms with Crippen LogP contribution >= 0.6 is 11.6 Å². The Labute approximate surface area is 127 Å². The van der Waals surface area contributed by atoms with E-state index in [2.05, 4.69) is 11.8 Å². The van der Waals surface area contributed by atoms with Gasteiger partial charge in [-0.1, -0.05) is 17.5 Å². The molecule has 1 aliphatic rings. The molecule has 0 radical (unpaired) electrons. The van der Waals surface area contributed by atoms with Crippen molar-refractivity contribution in [2.45, 2.75) is 6.92 Å². The second kappa shape index (κ2) is 6.59. The lowest BCUT2D eigenvalue weighted by Gasteiger charge is -2.33. The summed E-state index contributed by atoms with van der Waals surface area (Å²) in [6.45, 7) is 3.17. The first-order valence-corrected chi connectivity index (χ1v) is 6.86. The van der Waals surface area contributed by atoms with Gasteiger partial charge in [-0.15, -0.1) is 0 Å². The van der Waals surface area contributed by atoms with E-state index in [0.717, 1.165) is 6.07 Å². The van der Waals surface area contributed by atoms with Crippen molar-refractivity contribution in [3.8, 4) is 11.8 Å². The van der Waals surface area contributed by atoms with Gasteiger partial charge in [-0.3, -0.25) is 9.59 Å². The van der Waals surface area contributed by atoms with E-state index in [1.54, 1.807) is 16.7 Å². The zero-order chi connectivity index (χ0) is 15.4. The molecule has 0 N–H and O–H groups in total. The second-order valence-corrected chi connectivity index (χ2v) is 4.99. The zero-order valence-corrected chi connectivity index (χ0v) is 12.3. The Kier molecular flexibility index (Phi) is 4.81. The molecule has 1 aromatic carbocycles. The third kappa shape index (κ3) is 3.53. The number of rotatable bonds is 1. The van der Waals surface area contributed by atoms with Crippen molar-refractivity contribution < 1.29 is 14.0 Å². The average molecular weight is 309 g/mol. The summed E-state index contributed by atoms with van der Waals surface area (Å²) in [5, 5.41) is 0.219. The Morgan fingerprint density at radius 2 is 1.81 bits per heavy atom. The molecule has 2 rings (SSSR count). The Morgan fingerprint density at radius 1 is 1.19 bits per heavy atom. The van der Waals surface area contributed by atoms with E-state index in [1.165, 1.54) is 12.1 Å². The molecule has 1 saturated heterocycles. The van der Waals surface area contributed by atoms with Gasteiger partial charge >= 0.3 is 0 Å². The molecule has 1 aliphatic heterocycles. The van der Waals surface area contributed by atoms with Gasteiger partial charge in [0.1, 0.15) is 5.82 Å². The highest BCUT2D eigenvalue weighted by atomic mass is 35.5. The van der Waals surface area contributed by atoms with Crippen molar-refractivity contribution in [1.29, 1.82) is 0 Å². The van der Waals surface area contributed by atoms with E-state index < -0.39 is 5.82 Å². The van der Waals surface area contributed by atoms with E-state index >= 15 is 0 Å². The summed E-state index contributed by atoms with van der Waals surface area (Å²) in [7, 11) is 0. The summed E-state index contributed by atoms with van der Waals surface area (Å²) in [6, 6.07) is 3.70. The van der Waals surface area contributed by atoms with Crippen LogP contribution in [0.25, 0.3) is 0 Å². The van der Waals surface area contributed by atoms with Gasteiger partial charge in [-0.25, -0.2) is 4.39 Å². The van der Waals surface area contributed by atoms with Crippen LogP contribution in [0.4, 0.5) is 4.39 Å². The second-order valence-electron chi connectivity index (χ2n) is 4.58. The standard InChI is InChI=1S/C15H14ClFN2O2/c1-2-3-14(20)18-6-8-19(9-7-18)15(21)12-10-11(17)4-5-13(12)16/h4-5,10H,6-9H2,1H3. The fraction of sp³-hybridized carbons (Fsp3) is 0.333. The molecule has 1 aromatic rings. The number of amides is 2. The normalized spacial score (nSPS) is 14.4. The van der Waals surface area contributed by atoms with Gasteiger partial charge in [-0.2, -0.15) is 0 Å². The van der Waals surface area contributed by atoms with Crippen LogP contribution in [0, 0.1) is 17.7 Å². The van der Waals surface area contributed by atoms with Crippen LogP contribution in [0.5, 0.6) is 0 Å². The number of carbonyl (C=O) groups is 2. The monoisotopic (exact) mass is 308 g/mol. The smallest absolute Gasteiger partial charge is 0.298 e. The highest BCUT2D eigenvalue weighted by Gasteiger charge is 2.25. The Bertz CT molecular complexity index is 628. The summed E-state index contributed by atoms with van der Waals surface area (Å²) < 4.78 is 13.2. The van der Waals surface area contributed by atoms with Crippen LogP contribution < -0.4 is 0 Å². The summed E-state index contributed by atoms with van der Waals surface area (Å²) in [5.74, 6) is 3.96. The van der Waals surface area contributed by atoms with Crippen molar-refractivity contribution in [2.24, 2.45) is 0 Å². The molecule has 0 saturated carbocycles. The molecule has 0 aromatic heterocycles. The highest BCUT2D eigenvalue weighted by molar-refractivity contribution is 6.33. The van der Waals surface area contributed by atoms with Gasteiger partial charge in [0.25, 0.3) is 11.8 Å². The van der Waals surface area contributed by atoms with E-state index in [-0.39, 0.29) is 22.4 Å². The molecule has 21 heavy (non-hydrogen) atoms. The van der Waals surface area contributed by atoms with Crippen LogP contribution in [0.15, 0.2) is 18.2 Å². The largest absolute Gasteiger partial charge is 0.335 e. The summed E-state index contributed by atoms with van der Waals surface area (Å²) >= 11 is 5.93. The third-order valence-corrected chi connectivity index (χ3v) is 3.57. The molecule has 1 heterocycles. The SMILES string of the molecule is CC#CC(=O)N1CCN(C(=O)c2cc(F)ccc2Cl)CC1. The van der Waals surface area contributed by atoms with Crippen molar-refractivity contribution in [1.82, 2.24) is 9.80 Å². The molecular weight excluding hydrogens is 295 g/mol. The fourth-order valence-corrected chi connectivity index (χ4v) is 2.33. The molecule has 110 valence electrons. The average Bonchev–Trinajstić information content (AvgIpc) is 2.49. The predicted molar refractivity (Wildman–Crippen MR) is 77.3 cm³/mol. The Hall–Kier alpha value is -2.06. The maximum atomic E-state index is 13.2. The minimum atomic E-state index is -0.505. The molecule has 0 atom stereocenters. The Morgan fingerprint density at radius 3 is 2.43 bits per heavy atom. The maximum absolute atomic E-state index is 13.2. The van der Waals surface area contributed by atoms with Gasteiger partial charge in [-0.05, 0) is 31.0 Å². The van der Waals surface area contributed by atoms with Crippen LogP contribution in [0.2, 0.25) is 5.02 Å². The summed E-state index contributed by atoms with van der Waals surface area (Å²) in [6.07, 6.45) is 0. The lowest BCUT2D eigenvalue weighted by atomic mass is 10.1. The number of benzene rings is 1. The minimum Gasteiger partial charge on any atom is -0.335 e. The lowest BCUT2D eigenvalue weighted by Crippen LogP contribution is -2.50. The molecule has 0 aliphatic carbocycles. The number of hydrogen-bond acceptors (Lipinski definition) is 2. The number of piperazine rings is 1. The van der Waals surface area contributed by atoms with Crippen LogP contribution in [-0.4, -0.2) is 47.8 Å². The van der Waals surface area contributed by atoms with E-state index in [0.29, 0.717) is 26.2 Å². The minimum absolute atomic E-state index is 0.143. The Balaban J connectivity index is 2.04. The first kappa shape index (κ1) is 15.3. The van der Waals surface area contributed by atoms with Gasteiger partial charge in [0.2, 0.25) is 0 Å². The van der Waals surface area contributed by atoms with Crippen LogP contribution in [0.1, 0.15) is 17.3 Å². The van der Waals surface area contributed by atoms with Gasteiger partial charge in [0, 0.05) is 26.2 Å². The fourth-order valence-electron chi connectivity index (χ4n) is 2.13. The van der Waals surface area contributed by atoms with Crippen molar-refractivity contribution in [3.63, 3.8) is 0 Å². The molecule has 1 fully saturated rings. The van der Waals surface area contributed by atoms with Gasteiger partial charge in [0.05, 0.1) is 10.6 Å². The highest BCUT2D eigenvalue weighted by Crippen LogP contribution is 2.19. The van der Waals surface area contributed by atoms with Gasteiger partial charge in [0.15, 0.2) is 0 Å². The molecule has 0 unspecified atom stereocenters. The molecule has 0 bridgehead atoms. The number of carbonyl (C=O) groups excluding carboxylic acids is 2. The van der Waals surface area contributed by atoms with Gasteiger partial charge < -0.3 is 9.80 Å². The maximum Gasteiger partial charge on any atom is 0.298 e. The first-order chi connectivity index (χ1) is 10.0. The van der Waals surface area contributed by atoms with E-state index in [1.807, 2.05) is 0 Å². The summed E-state index contributed by atoms with van der Waals surface area (Å²) in [5.41, 5.74) is 0.143. The number of hydrogen-bond donors (Lipinski definition) is 0. The van der Waals surface area contributed by atoms with Crippen LogP contribution in [0.3, 0.4) is 0 Å². The van der Waals surface area contributed by atoms with Crippen molar-refractivity contribution >= 4 is 23.4 Å². The quantitative estimate of drug-likeness (QED) is 0.742. The first-order valence-electron chi connectivity index (χ1n) is 6.49. The lowest BCUT2D eigenvalue weighted by molar-refractivity contribution is -0.126. The molecule has 2 amide bonds. The van der Waals surface area contributed by atoms with E-state index in [9.17, 15) is 14.0 Å². The summed E-state index contributed by atoms with van der Waals surface area (Å²) in [4.78, 5) is 27.1. The molecule has 6 heteroatoms. The van der Waals surface area contributed by atoms with E-state index in [4.69, 9.17) is 11.6 Å². The van der Waals surface area contributed by atoms with Crippen molar-refractivity contribution in [2.75, 3.05) is 26.2 Å². The number of nitrogens with zero attached hydrogens (tertiary/aromatic N) is 2. The topological polar surface area (TPSA) is 40.6 Å². The number of halogens is 2. The third-order valence-electron chi connectivity index (χ3n) is 3.24. The molecular formula is C15H14ClFN2O2. The van der Waals surface area contributed by atoms with Crippen LogP contribution in [-0.2, 0) is 4.79 Å². The molecule has 4 nitrogen and oxygen atoms in total.